The van der Waals surface area contributed by atoms with Crippen molar-refractivity contribution in [2.45, 2.75) is 232 Å². The van der Waals surface area contributed by atoms with E-state index in [-0.39, 0.29) is 44.0 Å². The Hall–Kier alpha value is -3.93. The average Bonchev–Trinajstić information content (AvgIpc) is 3.30. The second kappa shape index (κ2) is 52.7. The van der Waals surface area contributed by atoms with Gasteiger partial charge in [-0.05, 0) is 96.3 Å². The van der Waals surface area contributed by atoms with Gasteiger partial charge in [0.25, 0.3) is 0 Å². The van der Waals surface area contributed by atoms with Crippen molar-refractivity contribution in [1.82, 2.24) is 0 Å². The van der Waals surface area contributed by atoms with Crippen LogP contribution in [0.4, 0.5) is 0 Å². The van der Waals surface area contributed by atoms with E-state index in [9.17, 15) is 14.4 Å². The molecule has 0 N–H and O–H groups in total. The van der Waals surface area contributed by atoms with Crippen LogP contribution < -0.4 is 0 Å². The van der Waals surface area contributed by atoms with Gasteiger partial charge in [0.2, 0.25) is 0 Å². The lowest BCUT2D eigenvalue weighted by atomic mass is 10.0. The maximum absolute atomic E-state index is 12.8. The minimum Gasteiger partial charge on any atom is -0.462 e. The molecule has 6 heteroatoms. The Morgan fingerprint density at radius 2 is 0.615 bits per heavy atom. The standard InChI is InChI=1S/C59H96O6/c1-4-7-10-13-16-19-22-25-28-30-32-34-37-40-43-46-49-52-58(61)64-55-56(54-63-57(60)51-48-45-42-39-36-33-27-24-21-18-15-12-9-6-3)65-59(62)53-50-47-44-41-38-35-31-29-26-23-20-17-14-11-8-5-2/h7-8,10-11,16-17,19-20,25-26,28-29,32,34-35,38,40,43,56H,4-6,9,12-15,18,21-24,27,30-31,33,36-37,39,41-42,44-55H2,1-3H3/b10-7-,11-8-,19-16-,20-17-,28-25-,29-26-,34-32-,38-35-,43-40-. The predicted octanol–water partition coefficient (Wildman–Crippen LogP) is 17.5. The highest BCUT2D eigenvalue weighted by Gasteiger charge is 2.19. The lowest BCUT2D eigenvalue weighted by molar-refractivity contribution is -0.167. The highest BCUT2D eigenvalue weighted by molar-refractivity contribution is 5.71. The van der Waals surface area contributed by atoms with Gasteiger partial charge in [-0.3, -0.25) is 14.4 Å². The molecule has 0 rings (SSSR count). The number of esters is 3. The van der Waals surface area contributed by atoms with Crippen molar-refractivity contribution in [3.05, 3.63) is 109 Å². The van der Waals surface area contributed by atoms with E-state index < -0.39 is 6.10 Å². The Morgan fingerprint density at radius 3 is 1.00 bits per heavy atom. The Bertz CT molecular complexity index is 1360. The summed E-state index contributed by atoms with van der Waals surface area (Å²) in [4.78, 5) is 38.0. The summed E-state index contributed by atoms with van der Waals surface area (Å²) >= 11 is 0. The zero-order chi connectivity index (χ0) is 47.2. The molecule has 0 fully saturated rings. The van der Waals surface area contributed by atoms with Crippen molar-refractivity contribution in [1.29, 1.82) is 0 Å². The molecule has 1 atom stereocenters. The van der Waals surface area contributed by atoms with Gasteiger partial charge in [0.05, 0.1) is 0 Å². The van der Waals surface area contributed by atoms with Gasteiger partial charge in [0, 0.05) is 19.3 Å². The Kier molecular flexibility index (Phi) is 49.5. The molecule has 0 radical (unpaired) electrons. The van der Waals surface area contributed by atoms with Crippen molar-refractivity contribution in [3.63, 3.8) is 0 Å². The summed E-state index contributed by atoms with van der Waals surface area (Å²) < 4.78 is 16.7. The molecule has 0 spiro atoms. The summed E-state index contributed by atoms with van der Waals surface area (Å²) in [5.41, 5.74) is 0. The average molecular weight is 901 g/mol. The summed E-state index contributed by atoms with van der Waals surface area (Å²) in [5.74, 6) is -1.00. The van der Waals surface area contributed by atoms with Crippen molar-refractivity contribution in [2.75, 3.05) is 13.2 Å². The molecule has 6 nitrogen and oxygen atoms in total. The van der Waals surface area contributed by atoms with Crippen LogP contribution in [0.3, 0.4) is 0 Å². The van der Waals surface area contributed by atoms with Crippen molar-refractivity contribution in [3.8, 4) is 0 Å². The van der Waals surface area contributed by atoms with E-state index in [0.717, 1.165) is 103 Å². The summed E-state index contributed by atoms with van der Waals surface area (Å²) in [6, 6.07) is 0. The fraction of sp³-hybridized carbons (Fsp3) is 0.644. The summed E-state index contributed by atoms with van der Waals surface area (Å²) in [6.45, 7) is 6.33. The topological polar surface area (TPSA) is 78.9 Å². The largest absolute Gasteiger partial charge is 0.462 e. The Labute approximate surface area is 400 Å². The molecular weight excluding hydrogens is 805 g/mol. The van der Waals surface area contributed by atoms with Crippen LogP contribution in [-0.2, 0) is 28.6 Å². The van der Waals surface area contributed by atoms with Gasteiger partial charge in [-0.1, -0.05) is 220 Å². The van der Waals surface area contributed by atoms with E-state index in [0.29, 0.717) is 19.3 Å². The molecule has 0 bridgehead atoms. The Morgan fingerprint density at radius 1 is 0.323 bits per heavy atom. The maximum Gasteiger partial charge on any atom is 0.306 e. The zero-order valence-electron chi connectivity index (χ0n) is 42.0. The van der Waals surface area contributed by atoms with Gasteiger partial charge in [-0.25, -0.2) is 0 Å². The number of carbonyl (C=O) groups excluding carboxylic acids is 3. The lowest BCUT2D eigenvalue weighted by Gasteiger charge is -2.18. The SMILES string of the molecule is CC/C=C\C/C=C\C/C=C\C/C=C\C/C=C\CCCC(=O)OCC(COC(=O)CCCCCCCCCCCCCCCC)OC(=O)CCCCC/C=C\C/C=C\C/C=C\C/C=C\CC. The number of rotatable bonds is 46. The normalized spacial score (nSPS) is 13.0. The van der Waals surface area contributed by atoms with Crippen LogP contribution in [0.2, 0.25) is 0 Å². The van der Waals surface area contributed by atoms with Crippen LogP contribution in [0.15, 0.2) is 109 Å². The number of ether oxygens (including phenoxy) is 3. The van der Waals surface area contributed by atoms with Gasteiger partial charge in [0.1, 0.15) is 13.2 Å². The lowest BCUT2D eigenvalue weighted by Crippen LogP contribution is -2.30. The molecule has 0 heterocycles. The first-order valence-electron chi connectivity index (χ1n) is 26.4. The smallest absolute Gasteiger partial charge is 0.306 e. The maximum atomic E-state index is 12.8. The van der Waals surface area contributed by atoms with Crippen LogP contribution >= 0.6 is 0 Å². The minimum absolute atomic E-state index is 0.109. The van der Waals surface area contributed by atoms with Gasteiger partial charge in [-0.2, -0.15) is 0 Å². The molecule has 0 aliphatic rings. The quantitative estimate of drug-likeness (QED) is 0.0262. The second-order valence-electron chi connectivity index (χ2n) is 17.0. The highest BCUT2D eigenvalue weighted by Crippen LogP contribution is 2.14. The van der Waals surface area contributed by atoms with Crippen LogP contribution in [-0.4, -0.2) is 37.2 Å². The van der Waals surface area contributed by atoms with Crippen LogP contribution in [0.25, 0.3) is 0 Å². The molecule has 0 aromatic carbocycles. The molecule has 1 unspecified atom stereocenters. The van der Waals surface area contributed by atoms with Crippen LogP contribution in [0.1, 0.15) is 226 Å². The van der Waals surface area contributed by atoms with Crippen LogP contribution in [0, 0.1) is 0 Å². The summed E-state index contributed by atoms with van der Waals surface area (Å²) in [6.07, 6.45) is 70.8. The predicted molar refractivity (Wildman–Crippen MR) is 279 cm³/mol. The first kappa shape index (κ1) is 61.1. The van der Waals surface area contributed by atoms with Crippen molar-refractivity contribution < 1.29 is 28.6 Å². The number of hydrogen-bond acceptors (Lipinski definition) is 6. The fourth-order valence-electron chi connectivity index (χ4n) is 6.88. The van der Waals surface area contributed by atoms with Crippen LogP contribution in [0.5, 0.6) is 0 Å². The monoisotopic (exact) mass is 901 g/mol. The fourth-order valence-corrected chi connectivity index (χ4v) is 6.88. The van der Waals surface area contributed by atoms with E-state index in [2.05, 4.69) is 130 Å². The molecule has 0 aromatic heterocycles. The molecule has 368 valence electrons. The second-order valence-corrected chi connectivity index (χ2v) is 17.0. The van der Waals surface area contributed by atoms with E-state index in [1.165, 1.54) is 70.6 Å². The summed E-state index contributed by atoms with van der Waals surface area (Å²) in [5, 5.41) is 0. The molecule has 65 heavy (non-hydrogen) atoms. The third kappa shape index (κ3) is 50.9. The van der Waals surface area contributed by atoms with Crippen molar-refractivity contribution in [2.24, 2.45) is 0 Å². The van der Waals surface area contributed by atoms with Gasteiger partial charge >= 0.3 is 17.9 Å². The third-order valence-corrected chi connectivity index (χ3v) is 10.8. The Balaban J connectivity index is 4.54. The number of allylic oxidation sites excluding steroid dienone is 18. The van der Waals surface area contributed by atoms with Gasteiger partial charge < -0.3 is 14.2 Å². The number of carbonyl (C=O) groups is 3. The molecule has 0 aromatic rings. The van der Waals surface area contributed by atoms with E-state index in [1.807, 2.05) is 0 Å². The third-order valence-electron chi connectivity index (χ3n) is 10.8. The van der Waals surface area contributed by atoms with Gasteiger partial charge in [0.15, 0.2) is 6.10 Å². The molecular formula is C59H96O6. The highest BCUT2D eigenvalue weighted by atomic mass is 16.6. The van der Waals surface area contributed by atoms with E-state index in [4.69, 9.17) is 14.2 Å². The van der Waals surface area contributed by atoms with Gasteiger partial charge in [-0.15, -0.1) is 0 Å². The zero-order valence-corrected chi connectivity index (χ0v) is 42.0. The molecule has 0 saturated carbocycles. The van der Waals surface area contributed by atoms with E-state index >= 15 is 0 Å². The minimum atomic E-state index is -0.818. The molecule has 0 saturated heterocycles. The number of unbranched alkanes of at least 4 members (excludes halogenated alkanes) is 17. The molecule has 0 aliphatic heterocycles. The molecule has 0 aliphatic carbocycles. The molecule has 0 amide bonds. The summed E-state index contributed by atoms with van der Waals surface area (Å²) in [7, 11) is 0. The number of hydrogen-bond donors (Lipinski definition) is 0. The first-order chi connectivity index (χ1) is 32.0. The van der Waals surface area contributed by atoms with Crippen molar-refractivity contribution >= 4 is 17.9 Å². The van der Waals surface area contributed by atoms with E-state index in [1.54, 1.807) is 0 Å². The first-order valence-corrected chi connectivity index (χ1v) is 26.4.